The van der Waals surface area contributed by atoms with E-state index >= 15 is 0 Å². The van der Waals surface area contributed by atoms with Crippen LogP contribution in [0.4, 0.5) is 5.82 Å². The highest BCUT2D eigenvalue weighted by Gasteiger charge is 2.12. The summed E-state index contributed by atoms with van der Waals surface area (Å²) >= 11 is 0. The molecule has 5 heteroatoms. The number of hydrogen-bond acceptors (Lipinski definition) is 5. The Hall–Kier alpha value is -2.56. The monoisotopic (exact) mass is 279 g/mol. The lowest BCUT2D eigenvalue weighted by Gasteiger charge is -2.15. The van der Waals surface area contributed by atoms with Gasteiger partial charge in [-0.15, -0.1) is 0 Å². The van der Waals surface area contributed by atoms with Gasteiger partial charge in [-0.2, -0.15) is 0 Å². The molecule has 0 aliphatic heterocycles. The number of hydrogen-bond donors (Lipinski definition) is 1. The van der Waals surface area contributed by atoms with Crippen molar-refractivity contribution in [1.82, 2.24) is 19.9 Å². The fraction of sp³-hybridized carbons (Fsp3) is 0.250. The van der Waals surface area contributed by atoms with Gasteiger partial charge in [0.15, 0.2) is 17.0 Å². The van der Waals surface area contributed by atoms with Crippen molar-refractivity contribution in [1.29, 1.82) is 0 Å². The summed E-state index contributed by atoms with van der Waals surface area (Å²) in [5.41, 5.74) is 4.32. The van der Waals surface area contributed by atoms with Crippen LogP contribution in [0.3, 0.4) is 0 Å². The van der Waals surface area contributed by atoms with E-state index < -0.39 is 0 Å². The highest BCUT2D eigenvalue weighted by molar-refractivity contribution is 5.82. The second kappa shape index (κ2) is 5.44. The van der Waals surface area contributed by atoms with E-state index in [1.54, 1.807) is 0 Å². The molecule has 0 radical (unpaired) electrons. The lowest BCUT2D eigenvalue weighted by molar-refractivity contribution is 0.873. The number of fused-ring (bicyclic) bond motifs is 1. The summed E-state index contributed by atoms with van der Waals surface area (Å²) < 4.78 is 0. The van der Waals surface area contributed by atoms with Gasteiger partial charge in [0.2, 0.25) is 0 Å². The Labute approximate surface area is 123 Å². The SMILES string of the molecule is Cc1nc2ncnc(N[C@H](C)c3ccccc3)c2nc1C. The molecule has 0 aliphatic carbocycles. The quantitative estimate of drug-likeness (QED) is 0.797. The average Bonchev–Trinajstić information content (AvgIpc) is 2.50. The van der Waals surface area contributed by atoms with Crippen LogP contribution >= 0.6 is 0 Å². The van der Waals surface area contributed by atoms with Crippen LogP contribution in [0.5, 0.6) is 0 Å². The van der Waals surface area contributed by atoms with Crippen molar-refractivity contribution in [3.8, 4) is 0 Å². The minimum absolute atomic E-state index is 0.132. The van der Waals surface area contributed by atoms with Crippen molar-refractivity contribution in [2.75, 3.05) is 5.32 Å². The summed E-state index contributed by atoms with van der Waals surface area (Å²) in [5, 5.41) is 3.39. The van der Waals surface area contributed by atoms with E-state index in [0.717, 1.165) is 11.4 Å². The highest BCUT2D eigenvalue weighted by Crippen LogP contribution is 2.22. The van der Waals surface area contributed by atoms with Crippen molar-refractivity contribution in [2.24, 2.45) is 0 Å². The van der Waals surface area contributed by atoms with Gasteiger partial charge >= 0.3 is 0 Å². The molecule has 21 heavy (non-hydrogen) atoms. The van der Waals surface area contributed by atoms with Gasteiger partial charge in [0, 0.05) is 0 Å². The van der Waals surface area contributed by atoms with E-state index in [4.69, 9.17) is 0 Å². The zero-order valence-corrected chi connectivity index (χ0v) is 12.3. The first-order valence-electron chi connectivity index (χ1n) is 6.92. The van der Waals surface area contributed by atoms with E-state index in [-0.39, 0.29) is 6.04 Å². The van der Waals surface area contributed by atoms with Gasteiger partial charge in [-0.1, -0.05) is 30.3 Å². The number of rotatable bonds is 3. The molecule has 0 bridgehead atoms. The van der Waals surface area contributed by atoms with E-state index in [1.807, 2.05) is 32.0 Å². The molecular weight excluding hydrogens is 262 g/mol. The maximum Gasteiger partial charge on any atom is 0.183 e. The van der Waals surface area contributed by atoms with Crippen LogP contribution in [0.25, 0.3) is 11.2 Å². The van der Waals surface area contributed by atoms with E-state index in [0.29, 0.717) is 17.0 Å². The van der Waals surface area contributed by atoms with Crippen LogP contribution in [0.1, 0.15) is 29.9 Å². The van der Waals surface area contributed by atoms with Gasteiger partial charge < -0.3 is 5.32 Å². The minimum Gasteiger partial charge on any atom is -0.362 e. The largest absolute Gasteiger partial charge is 0.362 e. The van der Waals surface area contributed by atoms with Crippen LogP contribution in [-0.4, -0.2) is 19.9 Å². The standard InChI is InChI=1S/C16H17N5/c1-10-11(2)20-15-14(19-10)16(18-9-17-15)21-12(3)13-7-5-4-6-8-13/h4-9,12H,1-3H3,(H,17,18,20,21)/t12-/m1/s1. The number of aromatic nitrogens is 4. The van der Waals surface area contributed by atoms with E-state index in [2.05, 4.69) is 44.3 Å². The molecule has 106 valence electrons. The fourth-order valence-corrected chi connectivity index (χ4v) is 2.18. The van der Waals surface area contributed by atoms with Crippen molar-refractivity contribution in [3.63, 3.8) is 0 Å². The van der Waals surface area contributed by atoms with Gasteiger partial charge in [-0.25, -0.2) is 19.9 Å². The van der Waals surface area contributed by atoms with Crippen molar-refractivity contribution >= 4 is 17.0 Å². The Kier molecular flexibility index (Phi) is 3.48. The number of nitrogens with zero attached hydrogens (tertiary/aromatic N) is 4. The van der Waals surface area contributed by atoms with Crippen LogP contribution in [-0.2, 0) is 0 Å². The Morgan fingerprint density at radius 2 is 1.67 bits per heavy atom. The Morgan fingerprint density at radius 1 is 0.952 bits per heavy atom. The lowest BCUT2D eigenvalue weighted by Crippen LogP contribution is -2.10. The van der Waals surface area contributed by atoms with Crippen molar-refractivity contribution in [2.45, 2.75) is 26.8 Å². The van der Waals surface area contributed by atoms with Crippen molar-refractivity contribution < 1.29 is 0 Å². The molecule has 0 aliphatic rings. The molecule has 3 aromatic rings. The van der Waals surface area contributed by atoms with E-state index in [9.17, 15) is 0 Å². The molecule has 0 spiro atoms. The summed E-state index contributed by atoms with van der Waals surface area (Å²) in [6, 6.07) is 10.4. The van der Waals surface area contributed by atoms with Crippen LogP contribution in [0.15, 0.2) is 36.7 Å². The number of anilines is 1. The second-order valence-electron chi connectivity index (χ2n) is 5.07. The third-order valence-electron chi connectivity index (χ3n) is 3.53. The predicted molar refractivity (Wildman–Crippen MR) is 83.1 cm³/mol. The van der Waals surface area contributed by atoms with Gasteiger partial charge in [0.25, 0.3) is 0 Å². The molecule has 5 nitrogen and oxygen atoms in total. The van der Waals surface area contributed by atoms with E-state index in [1.165, 1.54) is 11.9 Å². The molecule has 0 saturated carbocycles. The van der Waals surface area contributed by atoms with Gasteiger partial charge in [0.1, 0.15) is 6.33 Å². The second-order valence-corrected chi connectivity index (χ2v) is 5.07. The van der Waals surface area contributed by atoms with Gasteiger partial charge in [-0.3, -0.25) is 0 Å². The predicted octanol–water partition coefficient (Wildman–Crippen LogP) is 3.21. The third-order valence-corrected chi connectivity index (χ3v) is 3.53. The maximum atomic E-state index is 4.57. The molecule has 0 saturated heterocycles. The molecule has 2 aromatic heterocycles. The smallest absolute Gasteiger partial charge is 0.183 e. The summed E-state index contributed by atoms with van der Waals surface area (Å²) in [7, 11) is 0. The Morgan fingerprint density at radius 3 is 2.43 bits per heavy atom. The molecule has 1 atom stereocenters. The average molecular weight is 279 g/mol. The van der Waals surface area contributed by atoms with Crippen LogP contribution < -0.4 is 5.32 Å². The topological polar surface area (TPSA) is 63.6 Å². The first-order chi connectivity index (χ1) is 10.1. The van der Waals surface area contributed by atoms with Crippen LogP contribution in [0.2, 0.25) is 0 Å². The molecule has 0 unspecified atom stereocenters. The normalized spacial score (nSPS) is 12.3. The molecule has 1 aromatic carbocycles. The highest BCUT2D eigenvalue weighted by atomic mass is 15.1. The zero-order chi connectivity index (χ0) is 14.8. The third kappa shape index (κ3) is 2.67. The zero-order valence-electron chi connectivity index (χ0n) is 12.3. The number of aryl methyl sites for hydroxylation is 2. The molecule has 0 fully saturated rings. The minimum atomic E-state index is 0.132. The van der Waals surface area contributed by atoms with Crippen LogP contribution in [0, 0.1) is 13.8 Å². The number of nitrogens with one attached hydrogen (secondary N) is 1. The first kappa shape index (κ1) is 13.4. The lowest BCUT2D eigenvalue weighted by atomic mass is 10.1. The molecule has 1 N–H and O–H groups in total. The molecule has 0 amide bonds. The molecule has 2 heterocycles. The summed E-state index contributed by atoms with van der Waals surface area (Å²) in [5.74, 6) is 0.715. The summed E-state index contributed by atoms with van der Waals surface area (Å²) in [4.78, 5) is 17.6. The van der Waals surface area contributed by atoms with Crippen molar-refractivity contribution in [3.05, 3.63) is 53.6 Å². The first-order valence-corrected chi connectivity index (χ1v) is 6.92. The van der Waals surface area contributed by atoms with Gasteiger partial charge in [0.05, 0.1) is 17.4 Å². The molecule has 3 rings (SSSR count). The molecular formula is C16H17N5. The maximum absolute atomic E-state index is 4.57. The fourth-order valence-electron chi connectivity index (χ4n) is 2.18. The summed E-state index contributed by atoms with van der Waals surface area (Å²) in [6.45, 7) is 5.97. The number of benzene rings is 1. The van der Waals surface area contributed by atoms with Gasteiger partial charge in [-0.05, 0) is 26.3 Å². The summed E-state index contributed by atoms with van der Waals surface area (Å²) in [6.07, 6.45) is 1.52. The Balaban J connectivity index is 1.99. The Bertz CT molecular complexity index is 770.